The maximum Gasteiger partial charge on any atom is 0.228 e. The molecular weight excluding hydrogens is 182 g/mol. The third kappa shape index (κ3) is 2.30. The third-order valence-electron chi connectivity index (χ3n) is 2.48. The number of nitrogens with two attached hydrogens (primary N) is 1. The molecule has 0 amide bonds. The number of nitrogens with zero attached hydrogens (tertiary/aromatic N) is 2. The lowest BCUT2D eigenvalue weighted by molar-refractivity contribution is 0.292. The van der Waals surface area contributed by atoms with E-state index in [-0.39, 0.29) is 12.6 Å². The van der Waals surface area contributed by atoms with Gasteiger partial charge in [0.05, 0.1) is 6.61 Å². The molecule has 0 aliphatic heterocycles. The number of aromatic nitrogens is 2. The minimum absolute atomic E-state index is 0.0493. The smallest absolute Gasteiger partial charge is 0.228 e. The molecule has 2 rings (SSSR count). The van der Waals surface area contributed by atoms with Gasteiger partial charge in [-0.15, -0.1) is 0 Å². The molecule has 0 saturated heterocycles. The Hall–Kier alpha value is -0.940. The van der Waals surface area contributed by atoms with Gasteiger partial charge in [-0.3, -0.25) is 0 Å². The first-order chi connectivity index (χ1) is 6.79. The molecular formula is C9H15N3O2. The van der Waals surface area contributed by atoms with Gasteiger partial charge in [0.15, 0.2) is 5.82 Å². The van der Waals surface area contributed by atoms with Crippen LogP contribution in [-0.4, -0.2) is 27.9 Å². The summed E-state index contributed by atoms with van der Waals surface area (Å²) >= 11 is 0. The van der Waals surface area contributed by atoms with Crippen LogP contribution in [-0.2, 0) is 12.8 Å². The van der Waals surface area contributed by atoms with E-state index >= 15 is 0 Å². The average molecular weight is 197 g/mol. The van der Waals surface area contributed by atoms with E-state index in [1.54, 1.807) is 0 Å². The molecule has 1 fully saturated rings. The van der Waals surface area contributed by atoms with Crippen LogP contribution in [0.3, 0.4) is 0 Å². The quantitative estimate of drug-likeness (QED) is 0.687. The summed E-state index contributed by atoms with van der Waals surface area (Å²) in [6.45, 7) is 0.0493. The second-order valence-electron chi connectivity index (χ2n) is 3.78. The normalized spacial score (nSPS) is 18.4. The van der Waals surface area contributed by atoms with Crippen molar-refractivity contribution in [3.05, 3.63) is 11.7 Å². The highest BCUT2D eigenvalue weighted by atomic mass is 16.5. The van der Waals surface area contributed by atoms with Crippen molar-refractivity contribution in [2.75, 3.05) is 6.61 Å². The first-order valence-electron chi connectivity index (χ1n) is 4.97. The second-order valence-corrected chi connectivity index (χ2v) is 3.78. The third-order valence-corrected chi connectivity index (χ3v) is 2.48. The summed E-state index contributed by atoms with van der Waals surface area (Å²) in [6, 6.07) is 0.150. The zero-order valence-corrected chi connectivity index (χ0v) is 8.02. The van der Waals surface area contributed by atoms with Gasteiger partial charge < -0.3 is 15.4 Å². The molecule has 5 heteroatoms. The van der Waals surface area contributed by atoms with E-state index in [0.29, 0.717) is 30.5 Å². The van der Waals surface area contributed by atoms with E-state index in [1.165, 1.54) is 12.8 Å². The number of aliphatic hydroxyl groups excluding tert-OH is 1. The molecule has 3 N–H and O–H groups in total. The number of hydrogen-bond donors (Lipinski definition) is 2. The van der Waals surface area contributed by atoms with E-state index in [2.05, 4.69) is 10.1 Å². The van der Waals surface area contributed by atoms with Gasteiger partial charge in [-0.1, -0.05) is 5.16 Å². The van der Waals surface area contributed by atoms with Crippen molar-refractivity contribution < 1.29 is 9.63 Å². The van der Waals surface area contributed by atoms with E-state index in [1.807, 2.05) is 0 Å². The van der Waals surface area contributed by atoms with Crippen molar-refractivity contribution in [3.8, 4) is 0 Å². The highest BCUT2D eigenvalue weighted by Gasteiger charge is 2.29. The molecule has 0 spiro atoms. The molecule has 0 aromatic carbocycles. The van der Waals surface area contributed by atoms with E-state index < -0.39 is 0 Å². The fourth-order valence-corrected chi connectivity index (χ4v) is 1.47. The van der Waals surface area contributed by atoms with Crippen LogP contribution in [0.1, 0.15) is 24.6 Å². The van der Waals surface area contributed by atoms with Crippen molar-refractivity contribution in [1.82, 2.24) is 10.1 Å². The summed E-state index contributed by atoms with van der Waals surface area (Å²) in [5.74, 6) is 1.79. The first-order valence-corrected chi connectivity index (χ1v) is 4.97. The highest BCUT2D eigenvalue weighted by Crippen LogP contribution is 2.32. The summed E-state index contributed by atoms with van der Waals surface area (Å²) in [7, 11) is 0. The lowest BCUT2D eigenvalue weighted by atomic mass is 10.1. The van der Waals surface area contributed by atoms with Gasteiger partial charge in [-0.2, -0.15) is 4.98 Å². The van der Waals surface area contributed by atoms with Gasteiger partial charge in [-0.05, 0) is 18.8 Å². The van der Waals surface area contributed by atoms with E-state index in [9.17, 15) is 0 Å². The molecule has 1 aliphatic carbocycles. The second kappa shape index (κ2) is 4.06. The molecule has 1 aromatic heterocycles. The van der Waals surface area contributed by atoms with E-state index in [0.717, 1.165) is 0 Å². The van der Waals surface area contributed by atoms with Gasteiger partial charge in [0.25, 0.3) is 0 Å². The maximum absolute atomic E-state index is 8.66. The highest BCUT2D eigenvalue weighted by molar-refractivity contribution is 4.93. The molecule has 1 heterocycles. The number of aliphatic hydroxyl groups is 1. The minimum Gasteiger partial charge on any atom is -0.396 e. The molecule has 78 valence electrons. The summed E-state index contributed by atoms with van der Waals surface area (Å²) in [5, 5.41) is 12.4. The molecule has 1 atom stereocenters. The molecule has 1 saturated carbocycles. The zero-order valence-electron chi connectivity index (χ0n) is 8.02. The van der Waals surface area contributed by atoms with Crippen molar-refractivity contribution in [1.29, 1.82) is 0 Å². The Morgan fingerprint density at radius 2 is 2.36 bits per heavy atom. The van der Waals surface area contributed by atoms with Crippen LogP contribution in [0.4, 0.5) is 0 Å². The summed E-state index contributed by atoms with van der Waals surface area (Å²) in [6.07, 6.45) is 3.54. The SMILES string of the molecule is NC(Cc1nc(CCO)no1)C1CC1. The maximum atomic E-state index is 8.66. The van der Waals surface area contributed by atoms with Gasteiger partial charge in [0, 0.05) is 18.9 Å². The molecule has 14 heavy (non-hydrogen) atoms. The summed E-state index contributed by atoms with van der Waals surface area (Å²) in [5.41, 5.74) is 5.92. The molecule has 0 radical (unpaired) electrons. The average Bonchev–Trinajstić information content (AvgIpc) is 2.92. The van der Waals surface area contributed by atoms with Crippen LogP contribution in [0.5, 0.6) is 0 Å². The van der Waals surface area contributed by atoms with Crippen LogP contribution >= 0.6 is 0 Å². The topological polar surface area (TPSA) is 85.2 Å². The minimum atomic E-state index is 0.0493. The Kier molecular flexibility index (Phi) is 2.79. The molecule has 1 aromatic rings. The Morgan fingerprint density at radius 1 is 1.57 bits per heavy atom. The Labute approximate surface area is 82.3 Å². The molecule has 5 nitrogen and oxygen atoms in total. The fraction of sp³-hybridized carbons (Fsp3) is 0.778. The first kappa shape index (κ1) is 9.61. The van der Waals surface area contributed by atoms with Crippen molar-refractivity contribution in [2.45, 2.75) is 31.7 Å². The van der Waals surface area contributed by atoms with Gasteiger partial charge in [-0.25, -0.2) is 0 Å². The van der Waals surface area contributed by atoms with Crippen LogP contribution in [0, 0.1) is 5.92 Å². The number of hydrogen-bond acceptors (Lipinski definition) is 5. The van der Waals surface area contributed by atoms with Gasteiger partial charge in [0.1, 0.15) is 0 Å². The summed E-state index contributed by atoms with van der Waals surface area (Å²) < 4.78 is 5.01. The Morgan fingerprint density at radius 3 is 3.00 bits per heavy atom. The molecule has 1 aliphatic rings. The molecule has 0 bridgehead atoms. The van der Waals surface area contributed by atoms with Crippen molar-refractivity contribution >= 4 is 0 Å². The predicted octanol–water partition coefficient (Wildman–Crippen LogP) is -0.116. The zero-order chi connectivity index (χ0) is 9.97. The predicted molar refractivity (Wildman–Crippen MR) is 49.5 cm³/mol. The van der Waals surface area contributed by atoms with Crippen LogP contribution in [0.15, 0.2) is 4.52 Å². The van der Waals surface area contributed by atoms with Crippen molar-refractivity contribution in [3.63, 3.8) is 0 Å². The lowest BCUT2D eigenvalue weighted by Crippen LogP contribution is -2.25. The fourth-order valence-electron chi connectivity index (χ4n) is 1.47. The number of rotatable bonds is 5. The van der Waals surface area contributed by atoms with Gasteiger partial charge >= 0.3 is 0 Å². The monoisotopic (exact) mass is 197 g/mol. The van der Waals surface area contributed by atoms with Crippen LogP contribution in [0.2, 0.25) is 0 Å². The lowest BCUT2D eigenvalue weighted by Gasteiger charge is -2.04. The largest absolute Gasteiger partial charge is 0.396 e. The van der Waals surface area contributed by atoms with Crippen LogP contribution in [0.25, 0.3) is 0 Å². The van der Waals surface area contributed by atoms with Gasteiger partial charge in [0.2, 0.25) is 5.89 Å². The Balaban J connectivity index is 1.88. The molecule has 1 unspecified atom stereocenters. The Bertz CT molecular complexity index is 296. The van der Waals surface area contributed by atoms with E-state index in [4.69, 9.17) is 15.4 Å². The standard InChI is InChI=1S/C9H15N3O2/c10-7(6-1-2-6)5-9-11-8(3-4-13)12-14-9/h6-7,13H,1-5,10H2. The van der Waals surface area contributed by atoms with Crippen LogP contribution < -0.4 is 5.73 Å². The van der Waals surface area contributed by atoms with Crippen molar-refractivity contribution in [2.24, 2.45) is 11.7 Å². The summed E-state index contributed by atoms with van der Waals surface area (Å²) in [4.78, 5) is 4.13.